The second-order valence-electron chi connectivity index (χ2n) is 5.39. The van der Waals surface area contributed by atoms with Crippen molar-refractivity contribution in [1.29, 1.82) is 5.26 Å². The van der Waals surface area contributed by atoms with Crippen LogP contribution in [0.15, 0.2) is 54.1 Å². The zero-order valence-corrected chi connectivity index (χ0v) is 15.3. The minimum atomic E-state index is -0.881. The Kier molecular flexibility index (Phi) is 7.41. The van der Waals surface area contributed by atoms with Crippen molar-refractivity contribution in [1.82, 2.24) is 5.32 Å². The van der Waals surface area contributed by atoms with E-state index in [1.807, 2.05) is 0 Å². The summed E-state index contributed by atoms with van der Waals surface area (Å²) in [6, 6.07) is 15.7. The molecule has 0 saturated heterocycles. The van der Waals surface area contributed by atoms with Crippen LogP contribution in [-0.4, -0.2) is 25.6 Å². The molecule has 7 heteroatoms. The standard InChI is InChI=1S/C20H17ClN2O4/c1-26-17-7-4-5-14(10-17)9-16(11-22)20(25)27-13-19(24)23-12-15-6-2-3-8-18(15)21/h2-10H,12-13H2,1H3,(H,23,24)/b16-9+. The fourth-order valence-corrected chi connectivity index (χ4v) is 2.33. The molecule has 2 rings (SSSR count). The number of amides is 1. The predicted octanol–water partition coefficient (Wildman–Crippen LogP) is 3.12. The van der Waals surface area contributed by atoms with Crippen LogP contribution in [0.3, 0.4) is 0 Å². The third-order valence-electron chi connectivity index (χ3n) is 3.51. The largest absolute Gasteiger partial charge is 0.497 e. The Bertz CT molecular complexity index is 903. The van der Waals surface area contributed by atoms with Gasteiger partial charge in [0.2, 0.25) is 0 Å². The zero-order valence-electron chi connectivity index (χ0n) is 14.6. The monoisotopic (exact) mass is 384 g/mol. The summed E-state index contributed by atoms with van der Waals surface area (Å²) in [7, 11) is 1.52. The highest BCUT2D eigenvalue weighted by molar-refractivity contribution is 6.31. The van der Waals surface area contributed by atoms with Gasteiger partial charge in [-0.25, -0.2) is 4.79 Å². The number of nitrogens with zero attached hydrogens (tertiary/aromatic N) is 1. The average molecular weight is 385 g/mol. The first-order valence-corrected chi connectivity index (χ1v) is 8.34. The van der Waals surface area contributed by atoms with Crippen molar-refractivity contribution in [3.63, 3.8) is 0 Å². The summed E-state index contributed by atoms with van der Waals surface area (Å²) in [4.78, 5) is 23.9. The molecule has 0 aliphatic carbocycles. The van der Waals surface area contributed by atoms with Crippen LogP contribution in [-0.2, 0) is 20.9 Å². The van der Waals surface area contributed by atoms with Gasteiger partial charge in [-0.15, -0.1) is 0 Å². The lowest BCUT2D eigenvalue weighted by atomic mass is 10.1. The molecule has 27 heavy (non-hydrogen) atoms. The highest BCUT2D eigenvalue weighted by Gasteiger charge is 2.13. The smallest absolute Gasteiger partial charge is 0.349 e. The molecule has 2 aromatic rings. The van der Waals surface area contributed by atoms with Gasteiger partial charge in [0.25, 0.3) is 5.91 Å². The number of nitrogens with one attached hydrogen (secondary N) is 1. The van der Waals surface area contributed by atoms with E-state index < -0.39 is 18.5 Å². The van der Waals surface area contributed by atoms with Crippen LogP contribution >= 0.6 is 11.6 Å². The van der Waals surface area contributed by atoms with Crippen LogP contribution in [0.2, 0.25) is 5.02 Å². The van der Waals surface area contributed by atoms with E-state index in [0.717, 1.165) is 5.56 Å². The SMILES string of the molecule is COc1cccc(/C=C(\C#N)C(=O)OCC(=O)NCc2ccccc2Cl)c1. The van der Waals surface area contributed by atoms with Crippen molar-refractivity contribution < 1.29 is 19.1 Å². The first kappa shape index (κ1) is 20.0. The van der Waals surface area contributed by atoms with Crippen molar-refractivity contribution in [3.05, 3.63) is 70.3 Å². The number of rotatable bonds is 7. The molecule has 0 spiro atoms. The summed E-state index contributed by atoms with van der Waals surface area (Å²) in [6.07, 6.45) is 1.37. The number of halogens is 1. The van der Waals surface area contributed by atoms with Gasteiger partial charge in [0.15, 0.2) is 6.61 Å². The van der Waals surface area contributed by atoms with Crippen molar-refractivity contribution in [3.8, 4) is 11.8 Å². The van der Waals surface area contributed by atoms with Crippen LogP contribution in [0.1, 0.15) is 11.1 Å². The fraction of sp³-hybridized carbons (Fsp3) is 0.150. The fourth-order valence-electron chi connectivity index (χ4n) is 2.13. The molecule has 0 radical (unpaired) electrons. The summed E-state index contributed by atoms with van der Waals surface area (Å²) < 4.78 is 9.99. The van der Waals surface area contributed by atoms with E-state index >= 15 is 0 Å². The third kappa shape index (κ3) is 6.17. The molecule has 0 unspecified atom stereocenters. The topological polar surface area (TPSA) is 88.4 Å². The number of esters is 1. The van der Waals surface area contributed by atoms with E-state index in [4.69, 9.17) is 26.3 Å². The minimum absolute atomic E-state index is 0.209. The number of ether oxygens (including phenoxy) is 2. The summed E-state index contributed by atoms with van der Waals surface area (Å²) in [5.74, 6) is -0.788. The van der Waals surface area contributed by atoms with Gasteiger partial charge in [-0.2, -0.15) is 5.26 Å². The van der Waals surface area contributed by atoms with E-state index in [0.29, 0.717) is 16.3 Å². The summed E-state index contributed by atoms with van der Waals surface area (Å²) in [5.41, 5.74) is 1.13. The first-order valence-electron chi connectivity index (χ1n) is 7.96. The Morgan fingerprint density at radius 2 is 2.00 bits per heavy atom. The van der Waals surface area contributed by atoms with Crippen molar-refractivity contribution in [2.24, 2.45) is 0 Å². The molecule has 6 nitrogen and oxygen atoms in total. The van der Waals surface area contributed by atoms with Crippen molar-refractivity contribution in [2.75, 3.05) is 13.7 Å². The van der Waals surface area contributed by atoms with Crippen LogP contribution in [0, 0.1) is 11.3 Å². The lowest BCUT2D eigenvalue weighted by Crippen LogP contribution is -2.28. The lowest BCUT2D eigenvalue weighted by Gasteiger charge is -2.07. The van der Waals surface area contributed by atoms with E-state index in [1.54, 1.807) is 54.6 Å². The van der Waals surface area contributed by atoms with Crippen LogP contribution in [0.4, 0.5) is 0 Å². The first-order chi connectivity index (χ1) is 13.0. The molecule has 1 N–H and O–H groups in total. The van der Waals surface area contributed by atoms with Crippen LogP contribution < -0.4 is 10.1 Å². The summed E-state index contributed by atoms with van der Waals surface area (Å²) in [6.45, 7) is -0.290. The highest BCUT2D eigenvalue weighted by atomic mass is 35.5. The van der Waals surface area contributed by atoms with Gasteiger partial charge in [-0.3, -0.25) is 4.79 Å². The molecular formula is C20H17ClN2O4. The molecule has 0 bridgehead atoms. The van der Waals surface area contributed by atoms with E-state index in [9.17, 15) is 9.59 Å². The number of carbonyl (C=O) groups excluding carboxylic acids is 2. The van der Waals surface area contributed by atoms with E-state index in [1.165, 1.54) is 13.2 Å². The predicted molar refractivity (Wildman–Crippen MR) is 101 cm³/mol. The molecule has 0 aliphatic rings. The molecule has 0 aliphatic heterocycles. The minimum Gasteiger partial charge on any atom is -0.497 e. The number of hydrogen-bond donors (Lipinski definition) is 1. The quantitative estimate of drug-likeness (QED) is 0.450. The third-order valence-corrected chi connectivity index (χ3v) is 3.88. The number of carbonyl (C=O) groups is 2. The summed E-state index contributed by atoms with van der Waals surface area (Å²) >= 11 is 6.01. The van der Waals surface area contributed by atoms with Crippen LogP contribution in [0.25, 0.3) is 6.08 Å². The maximum Gasteiger partial charge on any atom is 0.349 e. The second-order valence-corrected chi connectivity index (χ2v) is 5.80. The Morgan fingerprint density at radius 3 is 2.70 bits per heavy atom. The highest BCUT2D eigenvalue weighted by Crippen LogP contribution is 2.16. The van der Waals surface area contributed by atoms with Gasteiger partial charge in [0, 0.05) is 11.6 Å². The number of hydrogen-bond acceptors (Lipinski definition) is 5. The molecule has 138 valence electrons. The lowest BCUT2D eigenvalue weighted by molar-refractivity contribution is -0.144. The molecule has 0 heterocycles. The normalized spacial score (nSPS) is 10.6. The number of nitriles is 1. The van der Waals surface area contributed by atoms with E-state index in [2.05, 4.69) is 5.32 Å². The molecule has 0 fully saturated rings. The van der Waals surface area contributed by atoms with E-state index in [-0.39, 0.29) is 12.1 Å². The second kappa shape index (κ2) is 10.00. The van der Waals surface area contributed by atoms with Gasteiger partial charge in [0.05, 0.1) is 7.11 Å². The number of benzene rings is 2. The van der Waals surface area contributed by atoms with Gasteiger partial charge >= 0.3 is 5.97 Å². The van der Waals surface area contributed by atoms with Crippen molar-refractivity contribution >= 4 is 29.6 Å². The van der Waals surface area contributed by atoms with Gasteiger partial charge in [-0.05, 0) is 35.4 Å². The van der Waals surface area contributed by atoms with Gasteiger partial charge in [0.1, 0.15) is 17.4 Å². The Labute approximate surface area is 162 Å². The summed E-state index contributed by atoms with van der Waals surface area (Å²) in [5, 5.41) is 12.3. The van der Waals surface area contributed by atoms with Crippen molar-refractivity contribution in [2.45, 2.75) is 6.54 Å². The van der Waals surface area contributed by atoms with Crippen LogP contribution in [0.5, 0.6) is 5.75 Å². The molecular weight excluding hydrogens is 368 g/mol. The molecule has 0 saturated carbocycles. The van der Waals surface area contributed by atoms with Gasteiger partial charge in [-0.1, -0.05) is 41.9 Å². The zero-order chi connectivity index (χ0) is 19.6. The van der Waals surface area contributed by atoms with Gasteiger partial charge < -0.3 is 14.8 Å². The molecule has 2 aromatic carbocycles. The molecule has 0 atom stereocenters. The molecule has 0 aromatic heterocycles. The Hall–Kier alpha value is -3.30. The maximum atomic E-state index is 12.0. The maximum absolute atomic E-state index is 12.0. The number of methoxy groups -OCH3 is 1. The Morgan fingerprint density at radius 1 is 1.22 bits per heavy atom. The molecule has 1 amide bonds. The average Bonchev–Trinajstić information content (AvgIpc) is 2.69. The Balaban J connectivity index is 1.91.